The number of hydrogen-bond acceptors (Lipinski definition) is 3. The molecule has 0 aliphatic carbocycles. The standard InChI is InChI=1S/C10H15ClN2O3/c1-10(2,3)16-5-4-13-6-7(11)8(14)12-9(13)15/h6H,4-5H2,1-3H3,(H,12,14,15). The lowest BCUT2D eigenvalue weighted by Gasteiger charge is -2.19. The number of hydrogen-bond donors (Lipinski definition) is 1. The summed E-state index contributed by atoms with van der Waals surface area (Å²) in [6.07, 6.45) is 1.31. The highest BCUT2D eigenvalue weighted by molar-refractivity contribution is 6.30. The Hall–Kier alpha value is -1.07. The molecule has 0 saturated carbocycles. The summed E-state index contributed by atoms with van der Waals surface area (Å²) in [7, 11) is 0. The molecule has 0 spiro atoms. The van der Waals surface area contributed by atoms with Gasteiger partial charge in [-0.2, -0.15) is 0 Å². The van der Waals surface area contributed by atoms with Crippen molar-refractivity contribution >= 4 is 11.6 Å². The van der Waals surface area contributed by atoms with E-state index in [2.05, 4.69) is 4.98 Å². The van der Waals surface area contributed by atoms with E-state index in [4.69, 9.17) is 16.3 Å². The Morgan fingerprint density at radius 1 is 1.44 bits per heavy atom. The Balaban J connectivity index is 2.72. The minimum absolute atomic E-state index is 0.00430. The fourth-order valence-corrected chi connectivity index (χ4v) is 1.26. The van der Waals surface area contributed by atoms with E-state index in [1.807, 2.05) is 20.8 Å². The van der Waals surface area contributed by atoms with E-state index in [9.17, 15) is 9.59 Å². The summed E-state index contributed by atoms with van der Waals surface area (Å²) in [5.74, 6) is 0. The molecular weight excluding hydrogens is 232 g/mol. The second-order valence-corrected chi connectivity index (χ2v) is 4.80. The van der Waals surface area contributed by atoms with Crippen LogP contribution in [-0.4, -0.2) is 21.8 Å². The monoisotopic (exact) mass is 246 g/mol. The molecule has 0 amide bonds. The van der Waals surface area contributed by atoms with Gasteiger partial charge in [0.1, 0.15) is 5.02 Å². The van der Waals surface area contributed by atoms with Crippen LogP contribution in [0.5, 0.6) is 0 Å². The molecule has 0 aliphatic heterocycles. The van der Waals surface area contributed by atoms with Crippen LogP contribution in [0.4, 0.5) is 0 Å². The van der Waals surface area contributed by atoms with Crippen molar-refractivity contribution in [1.82, 2.24) is 9.55 Å². The van der Waals surface area contributed by atoms with Crippen molar-refractivity contribution in [2.75, 3.05) is 6.61 Å². The van der Waals surface area contributed by atoms with Crippen LogP contribution in [-0.2, 0) is 11.3 Å². The van der Waals surface area contributed by atoms with E-state index in [-0.39, 0.29) is 10.6 Å². The van der Waals surface area contributed by atoms with Crippen LogP contribution in [0.3, 0.4) is 0 Å². The molecule has 0 aliphatic rings. The maximum atomic E-state index is 11.3. The molecule has 1 heterocycles. The van der Waals surface area contributed by atoms with Crippen LogP contribution in [0.2, 0.25) is 5.02 Å². The van der Waals surface area contributed by atoms with Crippen molar-refractivity contribution in [3.63, 3.8) is 0 Å². The predicted octanol–water partition coefficient (Wildman–Crippen LogP) is 1.01. The lowest BCUT2D eigenvalue weighted by atomic mass is 10.2. The number of nitrogens with one attached hydrogen (secondary N) is 1. The van der Waals surface area contributed by atoms with Crippen molar-refractivity contribution in [3.8, 4) is 0 Å². The third kappa shape index (κ3) is 3.83. The number of aromatic nitrogens is 2. The van der Waals surface area contributed by atoms with Crippen LogP contribution in [0.25, 0.3) is 0 Å². The second-order valence-electron chi connectivity index (χ2n) is 4.39. The second kappa shape index (κ2) is 4.84. The molecular formula is C10H15ClN2O3. The molecule has 0 aromatic carbocycles. The van der Waals surface area contributed by atoms with Gasteiger partial charge in [0.15, 0.2) is 0 Å². The van der Waals surface area contributed by atoms with Crippen molar-refractivity contribution < 1.29 is 4.74 Å². The molecule has 0 saturated heterocycles. The van der Waals surface area contributed by atoms with E-state index in [0.717, 1.165) is 0 Å². The Kier molecular flexibility index (Phi) is 3.93. The van der Waals surface area contributed by atoms with E-state index in [1.54, 1.807) is 0 Å². The molecule has 1 aromatic rings. The first-order valence-electron chi connectivity index (χ1n) is 4.93. The average Bonchev–Trinajstić information content (AvgIpc) is 2.11. The van der Waals surface area contributed by atoms with E-state index in [1.165, 1.54) is 10.8 Å². The number of rotatable bonds is 3. The Bertz CT molecular complexity index is 470. The summed E-state index contributed by atoms with van der Waals surface area (Å²) in [6, 6.07) is 0. The fraction of sp³-hybridized carbons (Fsp3) is 0.600. The highest BCUT2D eigenvalue weighted by Crippen LogP contribution is 2.06. The van der Waals surface area contributed by atoms with Gasteiger partial charge in [-0.05, 0) is 20.8 Å². The van der Waals surface area contributed by atoms with Gasteiger partial charge in [0.2, 0.25) is 0 Å². The van der Waals surface area contributed by atoms with Crippen molar-refractivity contribution in [1.29, 1.82) is 0 Å². The quantitative estimate of drug-likeness (QED) is 0.866. The highest BCUT2D eigenvalue weighted by atomic mass is 35.5. The molecule has 0 atom stereocenters. The summed E-state index contributed by atoms with van der Waals surface area (Å²) in [5.41, 5.74) is -1.30. The SMILES string of the molecule is CC(C)(C)OCCn1cc(Cl)c(=O)[nH]c1=O. The molecule has 90 valence electrons. The molecule has 0 radical (unpaired) electrons. The fourth-order valence-electron chi connectivity index (χ4n) is 1.10. The van der Waals surface area contributed by atoms with Gasteiger partial charge in [-0.3, -0.25) is 14.3 Å². The highest BCUT2D eigenvalue weighted by Gasteiger charge is 2.10. The zero-order valence-electron chi connectivity index (χ0n) is 9.54. The van der Waals surface area contributed by atoms with E-state index in [0.29, 0.717) is 13.2 Å². The first kappa shape index (κ1) is 13.0. The topological polar surface area (TPSA) is 64.1 Å². The largest absolute Gasteiger partial charge is 0.374 e. The molecule has 0 unspecified atom stereocenters. The number of nitrogens with zero attached hydrogens (tertiary/aromatic N) is 1. The first-order chi connectivity index (χ1) is 7.29. The lowest BCUT2D eigenvalue weighted by molar-refractivity contribution is -0.00725. The molecule has 1 aromatic heterocycles. The van der Waals surface area contributed by atoms with Gasteiger partial charge < -0.3 is 4.74 Å². The van der Waals surface area contributed by atoms with Crippen LogP contribution in [0.15, 0.2) is 15.8 Å². The third-order valence-corrected chi connectivity index (χ3v) is 2.10. The van der Waals surface area contributed by atoms with Gasteiger partial charge in [-0.15, -0.1) is 0 Å². The maximum absolute atomic E-state index is 11.3. The van der Waals surface area contributed by atoms with Gasteiger partial charge in [-0.25, -0.2) is 4.79 Å². The molecule has 5 nitrogen and oxygen atoms in total. The van der Waals surface area contributed by atoms with Gasteiger partial charge in [0.25, 0.3) is 5.56 Å². The van der Waals surface area contributed by atoms with Crippen LogP contribution < -0.4 is 11.2 Å². The molecule has 16 heavy (non-hydrogen) atoms. The Labute approximate surface area is 98.0 Å². The van der Waals surface area contributed by atoms with Crippen LogP contribution >= 0.6 is 11.6 Å². The molecule has 0 bridgehead atoms. The van der Waals surface area contributed by atoms with Gasteiger partial charge in [0.05, 0.1) is 18.8 Å². The summed E-state index contributed by atoms with van der Waals surface area (Å²) in [4.78, 5) is 24.5. The summed E-state index contributed by atoms with van der Waals surface area (Å²) < 4.78 is 6.78. The smallest absolute Gasteiger partial charge is 0.328 e. The molecule has 1 N–H and O–H groups in total. The first-order valence-corrected chi connectivity index (χ1v) is 5.30. The van der Waals surface area contributed by atoms with Crippen molar-refractivity contribution in [2.24, 2.45) is 0 Å². The molecule has 1 rings (SSSR count). The van der Waals surface area contributed by atoms with Crippen LogP contribution in [0.1, 0.15) is 20.8 Å². The maximum Gasteiger partial charge on any atom is 0.328 e. The van der Waals surface area contributed by atoms with Crippen LogP contribution in [0, 0.1) is 0 Å². The summed E-state index contributed by atoms with van der Waals surface area (Å²) >= 11 is 5.61. The number of ether oxygens (including phenoxy) is 1. The molecule has 0 fully saturated rings. The van der Waals surface area contributed by atoms with E-state index >= 15 is 0 Å². The number of halogens is 1. The van der Waals surface area contributed by atoms with Gasteiger partial charge in [0, 0.05) is 6.20 Å². The van der Waals surface area contributed by atoms with Crippen molar-refractivity contribution in [2.45, 2.75) is 32.9 Å². The van der Waals surface area contributed by atoms with Crippen molar-refractivity contribution in [3.05, 3.63) is 32.1 Å². The minimum atomic E-state index is -0.570. The van der Waals surface area contributed by atoms with E-state index < -0.39 is 11.2 Å². The lowest BCUT2D eigenvalue weighted by Crippen LogP contribution is -2.32. The average molecular weight is 247 g/mol. The number of aromatic amines is 1. The molecule has 6 heteroatoms. The summed E-state index contributed by atoms with van der Waals surface area (Å²) in [5, 5.41) is -0.00430. The Morgan fingerprint density at radius 2 is 2.06 bits per heavy atom. The van der Waals surface area contributed by atoms with Gasteiger partial charge >= 0.3 is 5.69 Å². The van der Waals surface area contributed by atoms with Gasteiger partial charge in [-0.1, -0.05) is 11.6 Å². The number of H-pyrrole nitrogens is 1. The summed E-state index contributed by atoms with van der Waals surface area (Å²) in [6.45, 7) is 6.51. The Morgan fingerprint density at radius 3 is 2.62 bits per heavy atom. The minimum Gasteiger partial charge on any atom is -0.374 e. The zero-order valence-corrected chi connectivity index (χ0v) is 10.3. The normalized spacial score (nSPS) is 11.8. The zero-order chi connectivity index (χ0) is 12.3. The predicted molar refractivity (Wildman–Crippen MR) is 62.0 cm³/mol. The third-order valence-electron chi connectivity index (χ3n) is 1.83.